The van der Waals surface area contributed by atoms with Gasteiger partial charge in [0.05, 0.1) is 30.3 Å². The van der Waals surface area contributed by atoms with Crippen molar-refractivity contribution in [2.45, 2.75) is 31.7 Å². The number of likely N-dealkylation sites (N-methyl/N-ethyl adjacent to an activating group) is 1. The van der Waals surface area contributed by atoms with Crippen molar-refractivity contribution >= 4 is 17.8 Å². The Balaban J connectivity index is 1.25. The highest BCUT2D eigenvalue weighted by Crippen LogP contribution is 2.42. The third-order valence-electron chi connectivity index (χ3n) is 7.79. The van der Waals surface area contributed by atoms with E-state index in [0.29, 0.717) is 47.3 Å². The van der Waals surface area contributed by atoms with Gasteiger partial charge in [-0.3, -0.25) is 9.59 Å². The molecule has 3 aromatic rings. The third-order valence-corrected chi connectivity index (χ3v) is 7.79. The zero-order valence-electron chi connectivity index (χ0n) is 22.9. The van der Waals surface area contributed by atoms with E-state index in [1.165, 1.54) is 12.1 Å². The number of esters is 1. The first-order valence-corrected chi connectivity index (χ1v) is 13.6. The van der Waals surface area contributed by atoms with Crippen molar-refractivity contribution in [2.24, 2.45) is 11.1 Å². The number of hydrogen-bond donors (Lipinski definition) is 2. The van der Waals surface area contributed by atoms with Gasteiger partial charge in [-0.1, -0.05) is 0 Å². The fourth-order valence-electron chi connectivity index (χ4n) is 4.85. The molecule has 12 nitrogen and oxygen atoms in total. The van der Waals surface area contributed by atoms with Gasteiger partial charge in [0.1, 0.15) is 11.2 Å². The van der Waals surface area contributed by atoms with Gasteiger partial charge in [0.2, 0.25) is 12.2 Å². The number of primary amides is 1. The van der Waals surface area contributed by atoms with E-state index in [1.54, 1.807) is 31.3 Å². The summed E-state index contributed by atoms with van der Waals surface area (Å²) in [6.45, 7) is 5.06. The van der Waals surface area contributed by atoms with E-state index in [4.69, 9.17) is 29.9 Å². The Kier molecular flexibility index (Phi) is 6.96. The number of aromatic amines is 1. The number of anilines is 1. The molecule has 1 amide bonds. The number of rotatable bonds is 7. The number of nitrogens with two attached hydrogens (primary N) is 1. The minimum absolute atomic E-state index is 0.0195. The van der Waals surface area contributed by atoms with Crippen molar-refractivity contribution in [3.63, 3.8) is 0 Å². The van der Waals surface area contributed by atoms with Crippen molar-refractivity contribution in [2.75, 3.05) is 51.3 Å². The van der Waals surface area contributed by atoms with Gasteiger partial charge in [0.25, 0.3) is 5.91 Å². The van der Waals surface area contributed by atoms with E-state index in [2.05, 4.69) is 26.8 Å². The zero-order chi connectivity index (χ0) is 28.8. The molecule has 2 saturated heterocycles. The van der Waals surface area contributed by atoms with Crippen LogP contribution in [0.15, 0.2) is 36.5 Å². The molecule has 0 unspecified atom stereocenters. The molecule has 0 radical (unpaired) electrons. The van der Waals surface area contributed by atoms with E-state index in [9.17, 15) is 14.0 Å². The summed E-state index contributed by atoms with van der Waals surface area (Å²) in [5.41, 5.74) is 5.48. The standard InChI is InChI=1S/C28H32FN7O5/c1-27(25(38)41-28(8-9-28)24(30)37)15-39-23(40-16-27)22-33-20(17-3-5-18(29)6-4-17)21(34-22)19-7-10-31-26(32-19)36-13-11-35(2)12-14-36/h3-7,10,23H,8-9,11-16H2,1-2H3,(H2,30,37)(H,33,34). The summed E-state index contributed by atoms with van der Waals surface area (Å²) < 4.78 is 31.1. The molecule has 1 saturated carbocycles. The van der Waals surface area contributed by atoms with Crippen LogP contribution in [-0.4, -0.2) is 88.8 Å². The summed E-state index contributed by atoms with van der Waals surface area (Å²) in [6.07, 6.45) is 1.62. The predicted molar refractivity (Wildman–Crippen MR) is 145 cm³/mol. The predicted octanol–water partition coefficient (Wildman–Crippen LogP) is 2.04. The van der Waals surface area contributed by atoms with Crippen molar-refractivity contribution in [1.82, 2.24) is 24.8 Å². The number of piperazine rings is 1. The summed E-state index contributed by atoms with van der Waals surface area (Å²) >= 11 is 0. The van der Waals surface area contributed by atoms with Crippen LogP contribution < -0.4 is 10.6 Å². The molecule has 41 heavy (non-hydrogen) atoms. The molecule has 1 aliphatic carbocycles. The normalized spacial score (nSPS) is 24.2. The Morgan fingerprint density at radius 2 is 1.76 bits per heavy atom. The smallest absolute Gasteiger partial charge is 0.317 e. The number of aromatic nitrogens is 4. The van der Waals surface area contributed by atoms with Gasteiger partial charge in [0.15, 0.2) is 11.4 Å². The summed E-state index contributed by atoms with van der Waals surface area (Å²) in [4.78, 5) is 46.3. The quantitative estimate of drug-likeness (QED) is 0.408. The van der Waals surface area contributed by atoms with Crippen molar-refractivity contribution in [1.29, 1.82) is 0 Å². The van der Waals surface area contributed by atoms with Crippen LogP contribution in [0.25, 0.3) is 22.6 Å². The third kappa shape index (κ3) is 5.39. The number of imidazole rings is 1. The van der Waals surface area contributed by atoms with Crippen LogP contribution in [0.5, 0.6) is 0 Å². The van der Waals surface area contributed by atoms with E-state index >= 15 is 0 Å². The molecule has 4 heterocycles. The van der Waals surface area contributed by atoms with Gasteiger partial charge in [-0.15, -0.1) is 0 Å². The van der Waals surface area contributed by atoms with E-state index < -0.39 is 29.2 Å². The minimum Gasteiger partial charge on any atom is -0.448 e. The van der Waals surface area contributed by atoms with Gasteiger partial charge in [-0.05, 0) is 44.3 Å². The number of benzene rings is 1. The monoisotopic (exact) mass is 565 g/mol. The maximum Gasteiger partial charge on any atom is 0.317 e. The SMILES string of the molecule is CN1CCN(c2nccc(-c3[nH]c(C4OCC(C)(C(=O)OC5(C(N)=O)CC5)CO4)nc3-c3ccc(F)cc3)n2)CC1. The molecule has 6 rings (SSSR count). The highest BCUT2D eigenvalue weighted by atomic mass is 19.1. The highest BCUT2D eigenvalue weighted by Gasteiger charge is 2.55. The van der Waals surface area contributed by atoms with Gasteiger partial charge in [-0.25, -0.2) is 19.3 Å². The summed E-state index contributed by atoms with van der Waals surface area (Å²) in [7, 11) is 2.08. The lowest BCUT2D eigenvalue weighted by Gasteiger charge is -2.35. The zero-order valence-corrected chi connectivity index (χ0v) is 22.9. The number of nitrogens with one attached hydrogen (secondary N) is 1. The molecular weight excluding hydrogens is 533 g/mol. The number of hydrogen-bond acceptors (Lipinski definition) is 10. The molecule has 2 aliphatic heterocycles. The second-order valence-electron chi connectivity index (χ2n) is 11.1. The number of ether oxygens (including phenoxy) is 3. The average molecular weight is 566 g/mol. The Hall–Kier alpha value is -3.94. The number of H-pyrrole nitrogens is 1. The van der Waals surface area contributed by atoms with Crippen LogP contribution in [0.2, 0.25) is 0 Å². The molecule has 3 fully saturated rings. The number of halogens is 1. The minimum atomic E-state index is -1.22. The lowest BCUT2D eigenvalue weighted by atomic mass is 9.92. The molecule has 3 N–H and O–H groups in total. The van der Waals surface area contributed by atoms with Crippen LogP contribution in [0.1, 0.15) is 31.9 Å². The molecule has 1 aromatic carbocycles. The van der Waals surface area contributed by atoms with Crippen LogP contribution in [0, 0.1) is 11.2 Å². The molecule has 13 heteroatoms. The molecular formula is C28H32FN7O5. The Labute approximate surface area is 236 Å². The van der Waals surface area contributed by atoms with Gasteiger partial charge in [0, 0.05) is 50.8 Å². The van der Waals surface area contributed by atoms with Crippen LogP contribution in [-0.2, 0) is 23.8 Å². The lowest BCUT2D eigenvalue weighted by Crippen LogP contribution is -2.47. The van der Waals surface area contributed by atoms with Crippen molar-refractivity contribution < 1.29 is 28.2 Å². The van der Waals surface area contributed by atoms with E-state index in [-0.39, 0.29) is 19.0 Å². The number of nitrogens with zero attached hydrogens (tertiary/aromatic N) is 5. The first kappa shape index (κ1) is 27.2. The fourth-order valence-corrected chi connectivity index (χ4v) is 4.85. The first-order valence-electron chi connectivity index (χ1n) is 13.6. The second kappa shape index (κ2) is 10.5. The van der Waals surface area contributed by atoms with Gasteiger partial charge >= 0.3 is 5.97 Å². The maximum atomic E-state index is 13.7. The number of amides is 1. The van der Waals surface area contributed by atoms with Gasteiger partial charge < -0.3 is 34.7 Å². The van der Waals surface area contributed by atoms with Crippen LogP contribution in [0.4, 0.5) is 10.3 Å². The van der Waals surface area contributed by atoms with E-state index in [1.807, 2.05) is 0 Å². The topological polar surface area (TPSA) is 149 Å². The Morgan fingerprint density at radius 3 is 2.39 bits per heavy atom. The molecule has 0 spiro atoms. The summed E-state index contributed by atoms with van der Waals surface area (Å²) in [5, 5.41) is 0. The first-order chi connectivity index (χ1) is 19.7. The van der Waals surface area contributed by atoms with E-state index in [0.717, 1.165) is 26.2 Å². The molecule has 3 aliphatic rings. The summed E-state index contributed by atoms with van der Waals surface area (Å²) in [5.74, 6) is -0.635. The molecule has 0 bridgehead atoms. The Morgan fingerprint density at radius 1 is 1.07 bits per heavy atom. The largest absolute Gasteiger partial charge is 0.448 e. The second-order valence-corrected chi connectivity index (χ2v) is 11.1. The number of carbonyl (C=O) groups excluding carboxylic acids is 2. The highest BCUT2D eigenvalue weighted by molar-refractivity contribution is 5.90. The fraction of sp³-hybridized carbons (Fsp3) is 0.464. The number of carbonyl (C=O) groups is 2. The van der Waals surface area contributed by atoms with Crippen molar-refractivity contribution in [3.8, 4) is 22.6 Å². The van der Waals surface area contributed by atoms with Crippen molar-refractivity contribution in [3.05, 3.63) is 48.2 Å². The molecule has 2 aromatic heterocycles. The molecule has 0 atom stereocenters. The Bertz CT molecular complexity index is 1440. The maximum absolute atomic E-state index is 13.7. The van der Waals surface area contributed by atoms with Gasteiger partial charge in [-0.2, -0.15) is 0 Å². The average Bonchev–Trinajstić information content (AvgIpc) is 3.63. The molecule has 216 valence electrons. The van der Waals surface area contributed by atoms with Crippen LogP contribution in [0.3, 0.4) is 0 Å². The van der Waals surface area contributed by atoms with Crippen LogP contribution >= 0.6 is 0 Å². The summed E-state index contributed by atoms with van der Waals surface area (Å²) in [6, 6.07) is 7.80. The lowest BCUT2D eigenvalue weighted by molar-refractivity contribution is -0.240.